The summed E-state index contributed by atoms with van der Waals surface area (Å²) in [5, 5.41) is 4.19. The molecule has 3 aromatic rings. The molecule has 4 aliphatic rings. The van der Waals surface area contributed by atoms with E-state index in [0.29, 0.717) is 12.5 Å². The molecule has 8 nitrogen and oxygen atoms in total. The van der Waals surface area contributed by atoms with E-state index in [1.165, 1.54) is 18.2 Å². The van der Waals surface area contributed by atoms with Crippen LogP contribution in [-0.4, -0.2) is 55.2 Å². The number of thiazole rings is 1. The molecule has 0 atom stereocenters. The van der Waals surface area contributed by atoms with Crippen molar-refractivity contribution in [3.05, 3.63) is 58.9 Å². The fourth-order valence-corrected chi connectivity index (χ4v) is 9.18. The SMILES string of the molecule is COCC(=O)N[C@H]1CC[C@H](C(=O)N(CC23CCC(c4ccc(OC)c(C)c4)(CC2)CC3)c2cc(-c3cnc(C(C)C)s3)ccn2)CC1. The van der Waals surface area contributed by atoms with Gasteiger partial charge in [-0.2, -0.15) is 0 Å². The zero-order valence-electron chi connectivity index (χ0n) is 28.6. The molecule has 47 heavy (non-hydrogen) atoms. The zero-order valence-corrected chi connectivity index (χ0v) is 29.5. The Bertz CT molecular complexity index is 1550. The van der Waals surface area contributed by atoms with Crippen LogP contribution in [0.25, 0.3) is 10.4 Å². The lowest BCUT2D eigenvalue weighted by Gasteiger charge is -2.55. The monoisotopic (exact) mass is 658 g/mol. The summed E-state index contributed by atoms with van der Waals surface area (Å²) >= 11 is 1.71. The largest absolute Gasteiger partial charge is 0.496 e. The number of methoxy groups -OCH3 is 2. The quantitative estimate of drug-likeness (QED) is 0.228. The Balaban J connectivity index is 1.23. The average molecular weight is 659 g/mol. The van der Waals surface area contributed by atoms with E-state index in [9.17, 15) is 9.59 Å². The average Bonchev–Trinajstić information content (AvgIpc) is 3.60. The molecule has 4 fully saturated rings. The minimum atomic E-state index is -0.0943. The number of ether oxygens (including phenoxy) is 2. The van der Waals surface area contributed by atoms with Crippen LogP contribution < -0.4 is 15.0 Å². The van der Waals surface area contributed by atoms with E-state index >= 15 is 0 Å². The molecule has 9 heteroatoms. The molecule has 0 saturated heterocycles. The number of carbonyl (C=O) groups is 2. The summed E-state index contributed by atoms with van der Waals surface area (Å²) in [6.45, 7) is 7.23. The predicted molar refractivity (Wildman–Crippen MR) is 187 cm³/mol. The summed E-state index contributed by atoms with van der Waals surface area (Å²) in [7, 11) is 3.27. The number of anilines is 1. The number of hydrogen-bond donors (Lipinski definition) is 1. The van der Waals surface area contributed by atoms with Gasteiger partial charge in [0.1, 0.15) is 18.2 Å². The van der Waals surface area contributed by atoms with Crippen LogP contribution in [0.2, 0.25) is 0 Å². The molecule has 0 radical (unpaired) electrons. The maximum absolute atomic E-state index is 14.6. The topological polar surface area (TPSA) is 93.7 Å². The van der Waals surface area contributed by atoms with Gasteiger partial charge in [-0.05, 0) is 117 Å². The van der Waals surface area contributed by atoms with Crippen molar-refractivity contribution in [2.24, 2.45) is 11.3 Å². The number of fused-ring (bicyclic) bond motifs is 3. The van der Waals surface area contributed by atoms with Gasteiger partial charge in [-0.1, -0.05) is 26.0 Å². The first-order valence-corrected chi connectivity index (χ1v) is 18.1. The Kier molecular flexibility index (Phi) is 10.0. The van der Waals surface area contributed by atoms with Gasteiger partial charge in [-0.25, -0.2) is 9.97 Å². The molecule has 7 rings (SSSR count). The maximum atomic E-state index is 14.6. The van der Waals surface area contributed by atoms with Crippen LogP contribution >= 0.6 is 11.3 Å². The summed E-state index contributed by atoms with van der Waals surface area (Å²) in [5.74, 6) is 2.05. The van der Waals surface area contributed by atoms with E-state index in [1.807, 2.05) is 23.4 Å². The number of carbonyl (C=O) groups excluding carboxylic acids is 2. The highest BCUT2D eigenvalue weighted by atomic mass is 32.1. The minimum absolute atomic E-state index is 0.0640. The van der Waals surface area contributed by atoms with Crippen molar-refractivity contribution in [1.29, 1.82) is 0 Å². The van der Waals surface area contributed by atoms with Gasteiger partial charge in [0.05, 0.1) is 17.0 Å². The molecule has 2 amide bonds. The lowest BCUT2D eigenvalue weighted by atomic mass is 9.51. The number of aryl methyl sites for hydroxylation is 1. The second-order valence-corrected chi connectivity index (χ2v) is 15.6. The van der Waals surface area contributed by atoms with Gasteiger partial charge >= 0.3 is 0 Å². The summed E-state index contributed by atoms with van der Waals surface area (Å²) in [6, 6.07) is 10.9. The molecule has 2 bridgehead atoms. The first-order chi connectivity index (χ1) is 22.6. The van der Waals surface area contributed by atoms with E-state index < -0.39 is 0 Å². The van der Waals surface area contributed by atoms with E-state index in [1.54, 1.807) is 18.4 Å². The second-order valence-electron chi connectivity index (χ2n) is 14.6. The molecular weight excluding hydrogens is 609 g/mol. The highest BCUT2D eigenvalue weighted by Crippen LogP contribution is 2.58. The standard InChI is InChI=1S/C38H50N4O4S/c1-25(2)35-40-22-32(47-35)28-12-19-39-33(21-28)42(36(44)27-6-9-30(10-7-27)41-34(43)23-45-4)24-37-13-16-38(17-14-37,18-15-37)29-8-11-31(46-5)26(3)20-29/h8,11-12,19-22,25,27,30H,6-7,9-10,13-18,23-24H2,1-5H3,(H,41,43)/t27-,30-,37?,38?. The molecule has 0 aliphatic heterocycles. The second kappa shape index (κ2) is 14.0. The van der Waals surface area contributed by atoms with Gasteiger partial charge in [-0.3, -0.25) is 14.5 Å². The molecular formula is C38H50N4O4S. The maximum Gasteiger partial charge on any atom is 0.246 e. The number of aromatic nitrogens is 2. The van der Waals surface area contributed by atoms with Gasteiger partial charge in [0.15, 0.2) is 0 Å². The lowest BCUT2D eigenvalue weighted by Crippen LogP contribution is -2.52. The van der Waals surface area contributed by atoms with Gasteiger partial charge < -0.3 is 14.8 Å². The van der Waals surface area contributed by atoms with E-state index in [4.69, 9.17) is 14.5 Å². The molecule has 252 valence electrons. The van der Waals surface area contributed by atoms with Gasteiger partial charge in [0.2, 0.25) is 11.8 Å². The number of nitrogens with zero attached hydrogens (tertiary/aromatic N) is 3. The number of rotatable bonds is 11. The molecule has 0 spiro atoms. The van der Waals surface area contributed by atoms with Crippen molar-refractivity contribution in [1.82, 2.24) is 15.3 Å². The Morgan fingerprint density at radius 3 is 2.34 bits per heavy atom. The third-order valence-electron chi connectivity index (χ3n) is 11.2. The van der Waals surface area contributed by atoms with E-state index in [2.05, 4.69) is 55.3 Å². The van der Waals surface area contributed by atoms with Crippen LogP contribution in [-0.2, 0) is 19.7 Å². The normalized spacial score (nSPS) is 25.5. The minimum Gasteiger partial charge on any atom is -0.496 e. The van der Waals surface area contributed by atoms with Crippen LogP contribution in [0.1, 0.15) is 100 Å². The first kappa shape index (κ1) is 33.6. The number of pyridine rings is 1. The van der Waals surface area contributed by atoms with Crippen molar-refractivity contribution in [2.75, 3.05) is 32.3 Å². The Morgan fingerprint density at radius 1 is 1.00 bits per heavy atom. The van der Waals surface area contributed by atoms with Crippen LogP contribution in [0.15, 0.2) is 42.7 Å². The number of hydrogen-bond acceptors (Lipinski definition) is 7. The summed E-state index contributed by atoms with van der Waals surface area (Å²) in [6.07, 6.45) is 13.6. The Hall–Kier alpha value is -3.30. The lowest BCUT2D eigenvalue weighted by molar-refractivity contribution is -0.126. The van der Waals surface area contributed by atoms with Crippen LogP contribution in [0.3, 0.4) is 0 Å². The molecule has 0 unspecified atom stereocenters. The van der Waals surface area contributed by atoms with Crippen molar-refractivity contribution >= 4 is 29.0 Å². The smallest absolute Gasteiger partial charge is 0.246 e. The molecule has 4 aliphatic carbocycles. The van der Waals surface area contributed by atoms with Crippen LogP contribution in [0.4, 0.5) is 5.82 Å². The molecule has 4 saturated carbocycles. The summed E-state index contributed by atoms with van der Waals surface area (Å²) < 4.78 is 10.5. The van der Waals surface area contributed by atoms with Gasteiger partial charge in [-0.15, -0.1) is 11.3 Å². The van der Waals surface area contributed by atoms with Crippen molar-refractivity contribution in [3.63, 3.8) is 0 Å². The number of nitrogens with one attached hydrogen (secondary N) is 1. The van der Waals surface area contributed by atoms with Crippen LogP contribution in [0, 0.1) is 18.3 Å². The fourth-order valence-electron chi connectivity index (χ4n) is 8.26. The molecule has 1 N–H and O–H groups in total. The summed E-state index contributed by atoms with van der Waals surface area (Å²) in [5.41, 5.74) is 3.97. The third-order valence-corrected chi connectivity index (χ3v) is 12.6. The fraction of sp³-hybridized carbons (Fsp3) is 0.579. The molecule has 1 aromatic carbocycles. The van der Waals surface area contributed by atoms with E-state index in [0.717, 1.165) is 91.2 Å². The van der Waals surface area contributed by atoms with Crippen molar-refractivity contribution < 1.29 is 19.1 Å². The predicted octanol–water partition coefficient (Wildman–Crippen LogP) is 7.59. The molecule has 2 heterocycles. The van der Waals surface area contributed by atoms with E-state index in [-0.39, 0.29) is 41.2 Å². The van der Waals surface area contributed by atoms with Gasteiger partial charge in [0, 0.05) is 43.9 Å². The zero-order chi connectivity index (χ0) is 33.2. The van der Waals surface area contributed by atoms with Crippen molar-refractivity contribution in [2.45, 2.75) is 102 Å². The number of benzene rings is 1. The summed E-state index contributed by atoms with van der Waals surface area (Å²) in [4.78, 5) is 39.3. The van der Waals surface area contributed by atoms with Crippen LogP contribution in [0.5, 0.6) is 5.75 Å². The number of amides is 2. The third kappa shape index (κ3) is 7.12. The highest BCUT2D eigenvalue weighted by Gasteiger charge is 2.51. The molecule has 2 aromatic heterocycles. The highest BCUT2D eigenvalue weighted by molar-refractivity contribution is 7.15. The first-order valence-electron chi connectivity index (χ1n) is 17.3. The van der Waals surface area contributed by atoms with Crippen molar-refractivity contribution in [3.8, 4) is 16.2 Å². The Labute approximate surface area is 283 Å². The Morgan fingerprint density at radius 2 is 1.72 bits per heavy atom. The van der Waals surface area contributed by atoms with Gasteiger partial charge in [0.25, 0.3) is 0 Å².